The summed E-state index contributed by atoms with van der Waals surface area (Å²) in [6.45, 7) is 0.405. The molecule has 3 heterocycles. The molecule has 0 aromatic heterocycles. The molecule has 14 heteroatoms. The van der Waals surface area contributed by atoms with Crippen molar-refractivity contribution in [3.8, 4) is 0 Å². The van der Waals surface area contributed by atoms with Gasteiger partial charge in [0.25, 0.3) is 5.91 Å². The van der Waals surface area contributed by atoms with Crippen LogP contribution in [0.2, 0.25) is 0 Å². The van der Waals surface area contributed by atoms with Gasteiger partial charge in [0.15, 0.2) is 0 Å². The number of amides is 5. The van der Waals surface area contributed by atoms with E-state index in [9.17, 15) is 28.8 Å². The lowest BCUT2D eigenvalue weighted by Crippen LogP contribution is -2.52. The summed E-state index contributed by atoms with van der Waals surface area (Å²) in [5.41, 5.74) is 8.30. The number of carbonyl (C=O) groups is 6. The summed E-state index contributed by atoms with van der Waals surface area (Å²) < 4.78 is 6.43. The molecule has 3 aliphatic heterocycles. The van der Waals surface area contributed by atoms with E-state index in [1.807, 2.05) is 18.2 Å². The summed E-state index contributed by atoms with van der Waals surface area (Å²) >= 11 is 10.1. The molecule has 2 aromatic rings. The second kappa shape index (κ2) is 14.8. The fourth-order valence-electron chi connectivity index (χ4n) is 4.25. The Hall–Kier alpha value is -2.94. The zero-order valence-corrected chi connectivity index (χ0v) is 26.6. The Morgan fingerprint density at radius 1 is 0.951 bits per heavy atom. The van der Waals surface area contributed by atoms with E-state index < -0.39 is 12.1 Å². The molecular weight excluding hydrogens is 732 g/mol. The first-order valence-electron chi connectivity index (χ1n) is 12.4. The molecule has 218 valence electrons. The highest BCUT2D eigenvalue weighted by atomic mass is 79.9. The summed E-state index contributed by atoms with van der Waals surface area (Å²) in [4.78, 5) is 69.1. The Balaban J connectivity index is 0.000000183. The molecule has 5 rings (SSSR count). The molecule has 2 atom stereocenters. The van der Waals surface area contributed by atoms with Crippen LogP contribution in [0.3, 0.4) is 0 Å². The molecule has 4 N–H and O–H groups in total. The van der Waals surface area contributed by atoms with E-state index >= 15 is 0 Å². The van der Waals surface area contributed by atoms with Crippen LogP contribution in [-0.2, 0) is 35.8 Å². The smallest absolute Gasteiger partial charge is 0.338 e. The first kappa shape index (κ1) is 32.6. The fraction of sp³-hybridized carbons (Fsp3) is 0.333. The number of nitrogens with one attached hydrogen (secondary N) is 2. The van der Waals surface area contributed by atoms with E-state index in [4.69, 9.17) is 5.73 Å². The van der Waals surface area contributed by atoms with E-state index in [1.54, 1.807) is 18.2 Å². The first-order valence-corrected chi connectivity index (χ1v) is 15.1. The van der Waals surface area contributed by atoms with Gasteiger partial charge >= 0.3 is 5.97 Å². The maximum absolute atomic E-state index is 12.3. The molecule has 0 bridgehead atoms. The minimum Gasteiger partial charge on any atom is -0.465 e. The highest BCUT2D eigenvalue weighted by Gasteiger charge is 2.39. The van der Waals surface area contributed by atoms with Crippen LogP contribution in [-0.4, -0.2) is 59.6 Å². The number of hydrogen-bond donors (Lipinski definition) is 3. The third kappa shape index (κ3) is 8.09. The predicted octanol–water partition coefficient (Wildman–Crippen LogP) is 3.09. The van der Waals surface area contributed by atoms with Crippen LogP contribution in [0.4, 0.5) is 0 Å². The number of benzene rings is 2. The molecular formula is C27H27Br3N4O7. The van der Waals surface area contributed by atoms with E-state index in [0.29, 0.717) is 42.3 Å². The third-order valence-electron chi connectivity index (χ3n) is 6.46. The van der Waals surface area contributed by atoms with Crippen LogP contribution in [0.5, 0.6) is 0 Å². The molecule has 2 fully saturated rings. The van der Waals surface area contributed by atoms with Gasteiger partial charge in [-0.3, -0.25) is 34.6 Å². The highest BCUT2D eigenvalue weighted by Crippen LogP contribution is 2.32. The number of rotatable bonds is 3. The summed E-state index contributed by atoms with van der Waals surface area (Å²) in [7, 11) is 1.38. The Morgan fingerprint density at radius 2 is 1.56 bits per heavy atom. The van der Waals surface area contributed by atoms with Gasteiger partial charge in [0, 0.05) is 39.2 Å². The molecule has 0 aliphatic carbocycles. The number of hydrogen-bond acceptors (Lipinski definition) is 8. The second-order valence-electron chi connectivity index (χ2n) is 9.11. The Labute approximate surface area is 261 Å². The standard InChI is InChI=1S/C13H11BrN2O3.C9H8Br2O2.C5H8N2O2/c14-9-3-1-2-7-8(9)6-16(13(7)19)10-4-5-11(17)15-12(10)18;1-13-9(12)6-3-2-4-8(11)7(6)5-10;6-3-1-2-4(8)7-5(3)9/h1-3,10H,4-6H2,(H,15,17,18);2-4H,5H2,1H3;3H,1-2,6H2,(H,7,8,9). The van der Waals surface area contributed by atoms with Gasteiger partial charge < -0.3 is 15.4 Å². The number of methoxy groups -OCH3 is 1. The van der Waals surface area contributed by atoms with E-state index in [2.05, 4.69) is 63.2 Å². The van der Waals surface area contributed by atoms with Crippen LogP contribution >= 0.6 is 47.8 Å². The average Bonchev–Trinajstić information content (AvgIpc) is 3.28. The number of fused-ring (bicyclic) bond motifs is 1. The van der Waals surface area contributed by atoms with Gasteiger partial charge in [0.1, 0.15) is 6.04 Å². The largest absolute Gasteiger partial charge is 0.465 e. The van der Waals surface area contributed by atoms with Gasteiger partial charge in [-0.25, -0.2) is 4.79 Å². The molecule has 0 saturated carbocycles. The first-order chi connectivity index (χ1) is 19.5. The van der Waals surface area contributed by atoms with Crippen LogP contribution < -0.4 is 16.4 Å². The number of nitrogens with two attached hydrogens (primary N) is 1. The fourth-order valence-corrected chi connectivity index (χ4v) is 6.23. The lowest BCUT2D eigenvalue weighted by atomic mass is 10.0. The molecule has 2 saturated heterocycles. The number of ether oxygens (including phenoxy) is 1. The third-order valence-corrected chi connectivity index (χ3v) is 8.51. The number of halogens is 3. The van der Waals surface area contributed by atoms with Crippen LogP contribution in [0, 0.1) is 0 Å². The number of carbonyl (C=O) groups excluding carboxylic acids is 6. The summed E-state index contributed by atoms with van der Waals surface area (Å²) in [6.07, 6.45) is 1.51. The molecule has 2 aromatic carbocycles. The lowest BCUT2D eigenvalue weighted by Gasteiger charge is -2.29. The molecule has 3 aliphatic rings. The van der Waals surface area contributed by atoms with Gasteiger partial charge in [0.2, 0.25) is 23.6 Å². The van der Waals surface area contributed by atoms with Crippen molar-refractivity contribution in [2.45, 2.75) is 49.6 Å². The van der Waals surface area contributed by atoms with Gasteiger partial charge in [0.05, 0.1) is 18.7 Å². The minimum atomic E-state index is -0.551. The molecule has 5 amide bonds. The maximum atomic E-state index is 12.3. The van der Waals surface area contributed by atoms with Crippen LogP contribution in [0.25, 0.3) is 0 Å². The summed E-state index contributed by atoms with van der Waals surface area (Å²) in [5.74, 6) is -1.69. The summed E-state index contributed by atoms with van der Waals surface area (Å²) in [5, 5.41) is 5.03. The Kier molecular flexibility index (Phi) is 11.8. The SMILES string of the molecule is COC(=O)c1cccc(Br)c1CBr.NC1CCC(=O)NC1=O.O=C1CCC(N2Cc3c(Br)cccc3C2=O)C(=O)N1. The Bertz CT molecular complexity index is 1380. The normalized spacial score (nSPS) is 19.6. The predicted molar refractivity (Wildman–Crippen MR) is 159 cm³/mol. The second-order valence-corrected chi connectivity index (χ2v) is 11.4. The van der Waals surface area contributed by atoms with Crippen molar-refractivity contribution in [2.75, 3.05) is 7.11 Å². The quantitative estimate of drug-likeness (QED) is 0.244. The van der Waals surface area contributed by atoms with Gasteiger partial charge in [-0.05, 0) is 48.2 Å². The van der Waals surface area contributed by atoms with Gasteiger partial charge in [-0.15, -0.1) is 0 Å². The van der Waals surface area contributed by atoms with Gasteiger partial charge in [-0.1, -0.05) is 59.9 Å². The number of esters is 1. The molecule has 0 spiro atoms. The van der Waals surface area contributed by atoms with Crippen molar-refractivity contribution in [3.05, 3.63) is 67.6 Å². The minimum absolute atomic E-state index is 0.147. The maximum Gasteiger partial charge on any atom is 0.338 e. The Morgan fingerprint density at radius 3 is 2.12 bits per heavy atom. The van der Waals surface area contributed by atoms with E-state index in [-0.39, 0.29) is 41.9 Å². The van der Waals surface area contributed by atoms with Crippen molar-refractivity contribution in [3.63, 3.8) is 0 Å². The van der Waals surface area contributed by atoms with Crippen LogP contribution in [0.1, 0.15) is 57.5 Å². The number of alkyl halides is 1. The average molecular weight is 759 g/mol. The zero-order chi connectivity index (χ0) is 30.3. The van der Waals surface area contributed by atoms with Crippen molar-refractivity contribution in [1.29, 1.82) is 0 Å². The topological polar surface area (TPSA) is 165 Å². The van der Waals surface area contributed by atoms with E-state index in [1.165, 1.54) is 12.0 Å². The van der Waals surface area contributed by atoms with Crippen LogP contribution in [0.15, 0.2) is 45.3 Å². The van der Waals surface area contributed by atoms with E-state index in [0.717, 1.165) is 20.1 Å². The number of nitrogens with zero attached hydrogens (tertiary/aromatic N) is 1. The van der Waals surface area contributed by atoms with Gasteiger partial charge in [-0.2, -0.15) is 0 Å². The van der Waals surface area contributed by atoms with Crippen molar-refractivity contribution >= 4 is 83.3 Å². The monoisotopic (exact) mass is 756 g/mol. The highest BCUT2D eigenvalue weighted by molar-refractivity contribution is 9.11. The number of piperidine rings is 2. The molecule has 0 radical (unpaired) electrons. The number of imide groups is 2. The van der Waals surface area contributed by atoms with Crippen molar-refractivity contribution in [2.24, 2.45) is 5.73 Å². The lowest BCUT2D eigenvalue weighted by molar-refractivity contribution is -0.137. The van der Waals surface area contributed by atoms with Crippen molar-refractivity contribution in [1.82, 2.24) is 15.5 Å². The molecule has 41 heavy (non-hydrogen) atoms. The molecule has 2 unspecified atom stereocenters. The zero-order valence-electron chi connectivity index (χ0n) is 21.9. The molecule has 11 nitrogen and oxygen atoms in total. The van der Waals surface area contributed by atoms with Crippen molar-refractivity contribution < 1.29 is 33.5 Å². The summed E-state index contributed by atoms with van der Waals surface area (Å²) in [6, 6.07) is 9.84.